The predicted octanol–water partition coefficient (Wildman–Crippen LogP) is 4.59. The number of hydrogen-bond donors (Lipinski definition) is 2. The van der Waals surface area contributed by atoms with Gasteiger partial charge in [-0.25, -0.2) is 0 Å². The van der Waals surface area contributed by atoms with Crippen LogP contribution in [0.25, 0.3) is 0 Å². The maximum Gasteiger partial charge on any atom is 0.255 e. The summed E-state index contributed by atoms with van der Waals surface area (Å²) >= 11 is 0. The molecule has 0 aromatic heterocycles. The molecule has 25 heavy (non-hydrogen) atoms. The Bertz CT molecular complexity index is 721. The third-order valence-electron chi connectivity index (χ3n) is 4.06. The summed E-state index contributed by atoms with van der Waals surface area (Å²) in [7, 11) is 0. The number of benzene rings is 2. The number of anilines is 1. The lowest BCUT2D eigenvalue weighted by molar-refractivity contribution is 0.0951. The summed E-state index contributed by atoms with van der Waals surface area (Å²) in [6.45, 7) is 6.94. The van der Waals surface area contributed by atoms with E-state index in [-0.39, 0.29) is 11.8 Å². The number of carbonyl (C=O) groups is 2. The van der Waals surface area contributed by atoms with Gasteiger partial charge in [0.1, 0.15) is 0 Å². The first-order valence-corrected chi connectivity index (χ1v) is 8.81. The number of para-hydroxylation sites is 1. The summed E-state index contributed by atoms with van der Waals surface area (Å²) in [6, 6.07) is 14.5. The zero-order chi connectivity index (χ0) is 18.2. The van der Waals surface area contributed by atoms with Gasteiger partial charge in [0, 0.05) is 23.4 Å². The standard InChI is InChI=1S/C21H26N2O2/c1-4-5-14-22-20(24)16-10-12-17(13-11-16)21(25)23-19-9-7-6-8-18(19)15(2)3/h6-13,15H,4-5,14H2,1-3H3,(H,22,24)(H,23,25). The van der Waals surface area contributed by atoms with Crippen LogP contribution in [-0.4, -0.2) is 18.4 Å². The molecule has 0 aliphatic heterocycles. The van der Waals surface area contributed by atoms with Gasteiger partial charge in [-0.1, -0.05) is 45.4 Å². The Labute approximate surface area is 149 Å². The minimum Gasteiger partial charge on any atom is -0.352 e. The number of unbranched alkanes of at least 4 members (excludes halogenated alkanes) is 1. The summed E-state index contributed by atoms with van der Waals surface area (Å²) < 4.78 is 0. The van der Waals surface area contributed by atoms with Crippen molar-refractivity contribution in [2.24, 2.45) is 0 Å². The second kappa shape index (κ2) is 9.02. The van der Waals surface area contributed by atoms with Crippen molar-refractivity contribution < 1.29 is 9.59 Å². The summed E-state index contributed by atoms with van der Waals surface area (Å²) in [6.07, 6.45) is 2.00. The third-order valence-corrected chi connectivity index (χ3v) is 4.06. The maximum atomic E-state index is 12.5. The Balaban J connectivity index is 2.05. The molecule has 2 aromatic carbocycles. The van der Waals surface area contributed by atoms with E-state index in [9.17, 15) is 9.59 Å². The van der Waals surface area contributed by atoms with Gasteiger partial charge in [-0.05, 0) is 48.2 Å². The molecule has 0 atom stereocenters. The minimum atomic E-state index is -0.175. The number of carbonyl (C=O) groups excluding carboxylic acids is 2. The fraction of sp³-hybridized carbons (Fsp3) is 0.333. The molecule has 0 spiro atoms. The number of hydrogen-bond acceptors (Lipinski definition) is 2. The molecule has 132 valence electrons. The molecule has 0 heterocycles. The molecule has 0 radical (unpaired) electrons. The van der Waals surface area contributed by atoms with E-state index < -0.39 is 0 Å². The lowest BCUT2D eigenvalue weighted by atomic mass is 10.0. The van der Waals surface area contributed by atoms with Crippen LogP contribution in [0.1, 0.15) is 65.8 Å². The Morgan fingerprint density at radius 1 is 0.920 bits per heavy atom. The molecule has 0 saturated carbocycles. The molecule has 0 aliphatic rings. The SMILES string of the molecule is CCCCNC(=O)c1ccc(C(=O)Nc2ccccc2C(C)C)cc1. The highest BCUT2D eigenvalue weighted by atomic mass is 16.2. The average Bonchev–Trinajstić information content (AvgIpc) is 2.62. The van der Waals surface area contributed by atoms with Crippen LogP contribution in [0.15, 0.2) is 48.5 Å². The molecule has 4 nitrogen and oxygen atoms in total. The molecule has 0 fully saturated rings. The van der Waals surface area contributed by atoms with Crippen LogP contribution in [0.2, 0.25) is 0 Å². The molecular formula is C21H26N2O2. The summed E-state index contributed by atoms with van der Waals surface area (Å²) in [4.78, 5) is 24.5. The molecule has 2 rings (SSSR count). The van der Waals surface area contributed by atoms with Crippen LogP contribution in [0, 0.1) is 0 Å². The quantitative estimate of drug-likeness (QED) is 0.725. The minimum absolute atomic E-state index is 0.106. The van der Waals surface area contributed by atoms with Gasteiger partial charge in [0.05, 0.1) is 0 Å². The van der Waals surface area contributed by atoms with Crippen molar-refractivity contribution >= 4 is 17.5 Å². The topological polar surface area (TPSA) is 58.2 Å². The van der Waals surface area contributed by atoms with Crippen LogP contribution < -0.4 is 10.6 Å². The first kappa shape index (κ1) is 18.7. The van der Waals surface area contributed by atoms with Crippen molar-refractivity contribution in [3.8, 4) is 0 Å². The van der Waals surface area contributed by atoms with E-state index >= 15 is 0 Å². The zero-order valence-corrected chi connectivity index (χ0v) is 15.1. The Morgan fingerprint density at radius 2 is 1.52 bits per heavy atom. The molecule has 0 unspecified atom stereocenters. The van der Waals surface area contributed by atoms with Gasteiger partial charge in [-0.3, -0.25) is 9.59 Å². The highest BCUT2D eigenvalue weighted by Gasteiger charge is 2.12. The van der Waals surface area contributed by atoms with Crippen molar-refractivity contribution in [3.05, 3.63) is 65.2 Å². The van der Waals surface area contributed by atoms with Gasteiger partial charge in [0.25, 0.3) is 11.8 Å². The molecule has 0 aliphatic carbocycles. The van der Waals surface area contributed by atoms with Gasteiger partial charge in [-0.2, -0.15) is 0 Å². The van der Waals surface area contributed by atoms with Crippen LogP contribution in [-0.2, 0) is 0 Å². The summed E-state index contributed by atoms with van der Waals surface area (Å²) in [5.74, 6) is 0.0438. The predicted molar refractivity (Wildman–Crippen MR) is 102 cm³/mol. The Morgan fingerprint density at radius 3 is 2.12 bits per heavy atom. The fourth-order valence-electron chi connectivity index (χ4n) is 2.56. The summed E-state index contributed by atoms with van der Waals surface area (Å²) in [5, 5.41) is 5.83. The zero-order valence-electron chi connectivity index (χ0n) is 15.1. The largest absolute Gasteiger partial charge is 0.352 e. The van der Waals surface area contributed by atoms with E-state index in [1.54, 1.807) is 24.3 Å². The molecule has 2 N–H and O–H groups in total. The lowest BCUT2D eigenvalue weighted by Gasteiger charge is -2.13. The fourth-order valence-corrected chi connectivity index (χ4v) is 2.56. The van der Waals surface area contributed by atoms with Crippen molar-refractivity contribution in [1.29, 1.82) is 0 Å². The van der Waals surface area contributed by atoms with Crippen LogP contribution >= 0.6 is 0 Å². The van der Waals surface area contributed by atoms with Gasteiger partial charge >= 0.3 is 0 Å². The lowest BCUT2D eigenvalue weighted by Crippen LogP contribution is -2.24. The highest BCUT2D eigenvalue weighted by Crippen LogP contribution is 2.24. The molecular weight excluding hydrogens is 312 g/mol. The van der Waals surface area contributed by atoms with E-state index in [0.717, 1.165) is 24.1 Å². The van der Waals surface area contributed by atoms with Gasteiger partial charge in [0.2, 0.25) is 0 Å². The van der Waals surface area contributed by atoms with Crippen LogP contribution in [0.4, 0.5) is 5.69 Å². The first-order valence-electron chi connectivity index (χ1n) is 8.81. The number of rotatable bonds is 7. The van der Waals surface area contributed by atoms with E-state index in [0.29, 0.717) is 23.6 Å². The summed E-state index contributed by atoms with van der Waals surface area (Å²) in [5.41, 5.74) is 3.02. The number of amides is 2. The maximum absolute atomic E-state index is 12.5. The highest BCUT2D eigenvalue weighted by molar-refractivity contribution is 6.05. The smallest absolute Gasteiger partial charge is 0.255 e. The van der Waals surface area contributed by atoms with E-state index in [1.165, 1.54) is 0 Å². The molecule has 4 heteroatoms. The first-order chi connectivity index (χ1) is 12.0. The molecule has 2 aromatic rings. The monoisotopic (exact) mass is 338 g/mol. The van der Waals surface area contributed by atoms with Crippen molar-refractivity contribution in [3.63, 3.8) is 0 Å². The Kier molecular flexibility index (Phi) is 6.75. The van der Waals surface area contributed by atoms with Crippen molar-refractivity contribution in [2.45, 2.75) is 39.5 Å². The van der Waals surface area contributed by atoms with E-state index in [4.69, 9.17) is 0 Å². The second-order valence-corrected chi connectivity index (χ2v) is 6.38. The second-order valence-electron chi connectivity index (χ2n) is 6.38. The van der Waals surface area contributed by atoms with Gasteiger partial charge in [-0.15, -0.1) is 0 Å². The van der Waals surface area contributed by atoms with Gasteiger partial charge < -0.3 is 10.6 Å². The third kappa shape index (κ3) is 5.18. The van der Waals surface area contributed by atoms with Crippen molar-refractivity contribution in [1.82, 2.24) is 5.32 Å². The van der Waals surface area contributed by atoms with E-state index in [2.05, 4.69) is 31.4 Å². The normalized spacial score (nSPS) is 10.6. The van der Waals surface area contributed by atoms with Crippen molar-refractivity contribution in [2.75, 3.05) is 11.9 Å². The molecule has 2 amide bonds. The van der Waals surface area contributed by atoms with Crippen LogP contribution in [0.3, 0.4) is 0 Å². The average molecular weight is 338 g/mol. The van der Waals surface area contributed by atoms with Gasteiger partial charge in [0.15, 0.2) is 0 Å². The Hall–Kier alpha value is -2.62. The molecule has 0 saturated heterocycles. The van der Waals surface area contributed by atoms with Crippen LogP contribution in [0.5, 0.6) is 0 Å². The number of nitrogens with one attached hydrogen (secondary N) is 2. The van der Waals surface area contributed by atoms with E-state index in [1.807, 2.05) is 24.3 Å². The molecule has 0 bridgehead atoms.